The number of rotatable bonds is 6. The Balaban J connectivity index is 2.11. The molecule has 9 heteroatoms. The topological polar surface area (TPSA) is 103 Å². The lowest BCUT2D eigenvalue weighted by molar-refractivity contribution is 0.0402. The SMILES string of the molecule is CC(C)CO[C@H](C)c1noc(Cn2cc(Cl)c(=O)[nH]c2=O)n1. The molecule has 2 rings (SSSR count). The Bertz CT molecular complexity index is 749. The van der Waals surface area contributed by atoms with Gasteiger partial charge in [-0.1, -0.05) is 30.6 Å². The van der Waals surface area contributed by atoms with E-state index in [9.17, 15) is 9.59 Å². The minimum Gasteiger partial charge on any atom is -0.370 e. The van der Waals surface area contributed by atoms with Gasteiger partial charge in [-0.15, -0.1) is 0 Å². The van der Waals surface area contributed by atoms with Gasteiger partial charge in [0.25, 0.3) is 5.56 Å². The van der Waals surface area contributed by atoms with Crippen LogP contribution in [-0.4, -0.2) is 26.3 Å². The van der Waals surface area contributed by atoms with E-state index in [0.717, 1.165) is 0 Å². The maximum atomic E-state index is 11.6. The lowest BCUT2D eigenvalue weighted by Gasteiger charge is -2.10. The fourth-order valence-corrected chi connectivity index (χ4v) is 1.82. The number of aromatic amines is 1. The molecule has 120 valence electrons. The van der Waals surface area contributed by atoms with Gasteiger partial charge in [0.1, 0.15) is 17.7 Å². The van der Waals surface area contributed by atoms with Gasteiger partial charge in [-0.05, 0) is 12.8 Å². The lowest BCUT2D eigenvalue weighted by Crippen LogP contribution is -2.30. The number of nitrogens with one attached hydrogen (secondary N) is 1. The fraction of sp³-hybridized carbons (Fsp3) is 0.538. The zero-order valence-electron chi connectivity index (χ0n) is 12.5. The molecule has 2 aromatic rings. The number of hydrogen-bond donors (Lipinski definition) is 1. The predicted octanol–water partition coefficient (Wildman–Crippen LogP) is 1.35. The molecule has 1 N–H and O–H groups in total. The summed E-state index contributed by atoms with van der Waals surface area (Å²) in [7, 11) is 0. The predicted molar refractivity (Wildman–Crippen MR) is 78.9 cm³/mol. The number of hydrogen-bond acceptors (Lipinski definition) is 6. The highest BCUT2D eigenvalue weighted by Gasteiger charge is 2.15. The Labute approximate surface area is 131 Å². The standard InChI is InChI=1S/C13H17ClN4O4/c1-7(2)6-21-8(3)11-15-10(22-17-11)5-18-4-9(14)12(19)16-13(18)20/h4,7-8H,5-6H2,1-3H3,(H,16,19,20)/t8-/m1/s1. The van der Waals surface area contributed by atoms with Crippen LogP contribution in [0.3, 0.4) is 0 Å². The Morgan fingerprint density at radius 1 is 1.41 bits per heavy atom. The van der Waals surface area contributed by atoms with Gasteiger partial charge in [0, 0.05) is 12.8 Å². The monoisotopic (exact) mass is 328 g/mol. The van der Waals surface area contributed by atoms with Crippen LogP contribution in [0.4, 0.5) is 0 Å². The van der Waals surface area contributed by atoms with E-state index in [0.29, 0.717) is 18.3 Å². The highest BCUT2D eigenvalue weighted by atomic mass is 35.5. The third-order valence-electron chi connectivity index (χ3n) is 2.80. The molecular formula is C13H17ClN4O4. The van der Waals surface area contributed by atoms with E-state index in [-0.39, 0.29) is 23.6 Å². The first-order chi connectivity index (χ1) is 10.4. The van der Waals surface area contributed by atoms with Crippen LogP contribution in [0.5, 0.6) is 0 Å². The molecule has 0 fully saturated rings. The number of H-pyrrole nitrogens is 1. The quantitative estimate of drug-likeness (QED) is 0.858. The average molecular weight is 329 g/mol. The highest BCUT2D eigenvalue weighted by Crippen LogP contribution is 2.14. The van der Waals surface area contributed by atoms with Crippen LogP contribution >= 0.6 is 11.6 Å². The third-order valence-corrected chi connectivity index (χ3v) is 3.07. The molecule has 0 unspecified atom stereocenters. The summed E-state index contributed by atoms with van der Waals surface area (Å²) in [6, 6.07) is 0. The summed E-state index contributed by atoms with van der Waals surface area (Å²) >= 11 is 5.69. The summed E-state index contributed by atoms with van der Waals surface area (Å²) in [6.45, 7) is 6.50. The van der Waals surface area contributed by atoms with Crippen molar-refractivity contribution in [3.05, 3.63) is 43.8 Å². The van der Waals surface area contributed by atoms with E-state index < -0.39 is 11.2 Å². The van der Waals surface area contributed by atoms with Crippen molar-refractivity contribution in [2.45, 2.75) is 33.4 Å². The van der Waals surface area contributed by atoms with Crippen LogP contribution in [0.1, 0.15) is 38.6 Å². The minimum absolute atomic E-state index is 0.0131. The van der Waals surface area contributed by atoms with E-state index in [1.165, 1.54) is 10.8 Å². The van der Waals surface area contributed by atoms with Gasteiger partial charge in [0.05, 0.1) is 0 Å². The summed E-state index contributed by atoms with van der Waals surface area (Å²) in [5, 5.41) is 3.74. The second-order valence-electron chi connectivity index (χ2n) is 5.28. The molecule has 0 aromatic carbocycles. The molecule has 0 saturated heterocycles. The molecule has 22 heavy (non-hydrogen) atoms. The molecule has 2 aromatic heterocycles. The van der Waals surface area contributed by atoms with Gasteiger partial charge in [0.15, 0.2) is 5.82 Å². The molecule has 0 aliphatic rings. The Kier molecular flexibility index (Phi) is 5.15. The van der Waals surface area contributed by atoms with E-state index >= 15 is 0 Å². The van der Waals surface area contributed by atoms with Crippen LogP contribution in [0.15, 0.2) is 20.3 Å². The lowest BCUT2D eigenvalue weighted by atomic mass is 10.2. The largest absolute Gasteiger partial charge is 0.370 e. The summed E-state index contributed by atoms with van der Waals surface area (Å²) < 4.78 is 11.9. The van der Waals surface area contributed by atoms with Gasteiger partial charge in [-0.3, -0.25) is 14.3 Å². The number of halogens is 1. The first-order valence-electron chi connectivity index (χ1n) is 6.80. The van der Waals surface area contributed by atoms with Crippen molar-refractivity contribution in [2.75, 3.05) is 6.61 Å². The molecular weight excluding hydrogens is 312 g/mol. The molecule has 0 spiro atoms. The molecule has 0 saturated carbocycles. The first kappa shape index (κ1) is 16.4. The van der Waals surface area contributed by atoms with E-state index in [2.05, 4.69) is 15.1 Å². The zero-order chi connectivity index (χ0) is 16.3. The van der Waals surface area contributed by atoms with Gasteiger partial charge in [-0.25, -0.2) is 4.79 Å². The maximum Gasteiger partial charge on any atom is 0.328 e. The molecule has 2 heterocycles. The molecule has 0 bridgehead atoms. The highest BCUT2D eigenvalue weighted by molar-refractivity contribution is 6.30. The molecule has 0 amide bonds. The maximum absolute atomic E-state index is 11.6. The van der Waals surface area contributed by atoms with Crippen LogP contribution in [0, 0.1) is 5.92 Å². The van der Waals surface area contributed by atoms with Gasteiger partial charge in [0.2, 0.25) is 5.89 Å². The second-order valence-corrected chi connectivity index (χ2v) is 5.69. The van der Waals surface area contributed by atoms with E-state index in [4.69, 9.17) is 20.9 Å². The van der Waals surface area contributed by atoms with Crippen molar-refractivity contribution >= 4 is 11.6 Å². The van der Waals surface area contributed by atoms with Gasteiger partial charge >= 0.3 is 5.69 Å². The van der Waals surface area contributed by atoms with Gasteiger partial charge in [-0.2, -0.15) is 4.98 Å². The van der Waals surface area contributed by atoms with Crippen LogP contribution in [0.2, 0.25) is 5.02 Å². The molecule has 0 radical (unpaired) electrons. The first-order valence-corrected chi connectivity index (χ1v) is 7.18. The Morgan fingerprint density at radius 2 is 2.14 bits per heavy atom. The summed E-state index contributed by atoms with van der Waals surface area (Å²) in [5.74, 6) is 1.02. The van der Waals surface area contributed by atoms with Crippen LogP contribution in [-0.2, 0) is 11.3 Å². The smallest absolute Gasteiger partial charge is 0.328 e. The number of ether oxygens (including phenoxy) is 1. The normalized spacial score (nSPS) is 12.8. The summed E-state index contributed by atoms with van der Waals surface area (Å²) in [6.07, 6.45) is 0.918. The summed E-state index contributed by atoms with van der Waals surface area (Å²) in [4.78, 5) is 29.1. The van der Waals surface area contributed by atoms with Crippen LogP contribution in [0.25, 0.3) is 0 Å². The van der Waals surface area contributed by atoms with Crippen molar-refractivity contribution in [3.8, 4) is 0 Å². The van der Waals surface area contributed by atoms with Gasteiger partial charge < -0.3 is 9.26 Å². The second kappa shape index (κ2) is 6.89. The Hall–Kier alpha value is -1.93. The number of aromatic nitrogens is 4. The van der Waals surface area contributed by atoms with E-state index in [1.54, 1.807) is 0 Å². The minimum atomic E-state index is -0.634. The third kappa shape index (κ3) is 4.05. The van der Waals surface area contributed by atoms with Crippen molar-refractivity contribution in [2.24, 2.45) is 5.92 Å². The molecule has 1 atom stereocenters. The summed E-state index contributed by atoms with van der Waals surface area (Å²) in [5.41, 5.74) is -1.23. The number of nitrogens with zero attached hydrogens (tertiary/aromatic N) is 3. The average Bonchev–Trinajstić information content (AvgIpc) is 2.90. The molecule has 0 aliphatic heterocycles. The van der Waals surface area contributed by atoms with Crippen molar-refractivity contribution < 1.29 is 9.26 Å². The Morgan fingerprint density at radius 3 is 2.82 bits per heavy atom. The van der Waals surface area contributed by atoms with E-state index in [1.807, 2.05) is 20.8 Å². The van der Waals surface area contributed by atoms with Crippen molar-refractivity contribution in [1.29, 1.82) is 0 Å². The van der Waals surface area contributed by atoms with Crippen molar-refractivity contribution in [1.82, 2.24) is 19.7 Å². The molecule has 8 nitrogen and oxygen atoms in total. The van der Waals surface area contributed by atoms with Crippen molar-refractivity contribution in [3.63, 3.8) is 0 Å². The molecule has 0 aliphatic carbocycles. The van der Waals surface area contributed by atoms with Crippen LogP contribution < -0.4 is 11.2 Å². The fourth-order valence-electron chi connectivity index (χ4n) is 1.65. The zero-order valence-corrected chi connectivity index (χ0v) is 13.3.